The van der Waals surface area contributed by atoms with Gasteiger partial charge in [-0.05, 0) is 25.1 Å². The highest BCUT2D eigenvalue weighted by molar-refractivity contribution is 6.10. The van der Waals surface area contributed by atoms with E-state index in [9.17, 15) is 4.79 Å². The molecule has 9 heteroatoms. The number of allylic oxidation sites excluding steroid dienone is 1. The summed E-state index contributed by atoms with van der Waals surface area (Å²) >= 11 is 0. The second-order valence-electron chi connectivity index (χ2n) is 7.30. The van der Waals surface area contributed by atoms with Crippen molar-refractivity contribution in [2.24, 2.45) is 10.7 Å². The van der Waals surface area contributed by atoms with Crippen LogP contribution in [0, 0.1) is 0 Å². The number of rotatable bonds is 5. The van der Waals surface area contributed by atoms with Crippen LogP contribution in [0.5, 0.6) is 0 Å². The summed E-state index contributed by atoms with van der Waals surface area (Å²) in [6.07, 6.45) is 6.51. The number of anilines is 1. The Morgan fingerprint density at radius 1 is 1.26 bits per heavy atom. The molecule has 1 aromatic carbocycles. The third-order valence-electron chi connectivity index (χ3n) is 5.17. The lowest BCUT2D eigenvalue weighted by Crippen LogP contribution is -2.44. The van der Waals surface area contributed by atoms with Gasteiger partial charge in [-0.3, -0.25) is 9.79 Å². The third kappa shape index (κ3) is 4.41. The zero-order chi connectivity index (χ0) is 21.8. The number of nitrogen functional groups attached to an aromatic ring is 1. The second kappa shape index (κ2) is 8.97. The molecule has 3 heterocycles. The molecule has 0 bridgehead atoms. The van der Waals surface area contributed by atoms with Crippen molar-refractivity contribution in [3.05, 3.63) is 54.5 Å². The van der Waals surface area contributed by atoms with E-state index in [2.05, 4.69) is 15.1 Å². The fraction of sp³-hybridized carbons (Fsp3) is 0.273. The van der Waals surface area contributed by atoms with Gasteiger partial charge in [0, 0.05) is 47.9 Å². The SMILES string of the molecule is CC(N=CC(=CN)c1cnn2c(-c3cccc(N)c3)cnc2c1)C(=O)N1CCOCC1. The van der Waals surface area contributed by atoms with Crippen LogP contribution in [0.4, 0.5) is 5.69 Å². The number of aromatic nitrogens is 3. The molecule has 0 saturated carbocycles. The van der Waals surface area contributed by atoms with E-state index < -0.39 is 6.04 Å². The van der Waals surface area contributed by atoms with Crippen molar-refractivity contribution in [2.75, 3.05) is 32.0 Å². The van der Waals surface area contributed by atoms with E-state index in [-0.39, 0.29) is 5.91 Å². The van der Waals surface area contributed by atoms with Gasteiger partial charge in [-0.15, -0.1) is 0 Å². The summed E-state index contributed by atoms with van der Waals surface area (Å²) in [5, 5.41) is 4.52. The van der Waals surface area contributed by atoms with Gasteiger partial charge in [-0.1, -0.05) is 12.1 Å². The van der Waals surface area contributed by atoms with Gasteiger partial charge in [0.1, 0.15) is 6.04 Å². The quantitative estimate of drug-likeness (QED) is 0.478. The summed E-state index contributed by atoms with van der Waals surface area (Å²) in [6, 6.07) is 8.93. The first kappa shape index (κ1) is 20.5. The van der Waals surface area contributed by atoms with Gasteiger partial charge in [-0.25, -0.2) is 9.50 Å². The van der Waals surface area contributed by atoms with E-state index in [1.165, 1.54) is 6.20 Å². The molecule has 2 aromatic heterocycles. The molecule has 1 aliphatic heterocycles. The molecule has 9 nitrogen and oxygen atoms in total. The molecule has 4 N–H and O–H groups in total. The number of carbonyl (C=O) groups excluding carboxylic acids is 1. The van der Waals surface area contributed by atoms with Gasteiger partial charge < -0.3 is 21.1 Å². The lowest BCUT2D eigenvalue weighted by molar-refractivity contribution is -0.136. The summed E-state index contributed by atoms with van der Waals surface area (Å²) < 4.78 is 7.04. The number of imidazole rings is 1. The smallest absolute Gasteiger partial charge is 0.247 e. The minimum absolute atomic E-state index is 0.0236. The second-order valence-corrected chi connectivity index (χ2v) is 7.30. The summed E-state index contributed by atoms with van der Waals surface area (Å²) in [5.74, 6) is -0.0236. The Morgan fingerprint density at radius 2 is 2.06 bits per heavy atom. The maximum absolute atomic E-state index is 12.5. The number of ether oxygens (including phenoxy) is 1. The van der Waals surface area contributed by atoms with Gasteiger partial charge in [0.25, 0.3) is 0 Å². The number of benzene rings is 1. The summed E-state index contributed by atoms with van der Waals surface area (Å²) in [4.78, 5) is 23.2. The van der Waals surface area contributed by atoms with Gasteiger partial charge in [0.2, 0.25) is 5.91 Å². The Labute approximate surface area is 180 Å². The fourth-order valence-corrected chi connectivity index (χ4v) is 3.45. The van der Waals surface area contributed by atoms with Crippen LogP contribution in [0.1, 0.15) is 12.5 Å². The number of carbonyl (C=O) groups is 1. The van der Waals surface area contributed by atoms with E-state index in [0.29, 0.717) is 43.2 Å². The first-order chi connectivity index (χ1) is 15.1. The largest absolute Gasteiger partial charge is 0.404 e. The molecular formula is C22H25N7O2. The van der Waals surface area contributed by atoms with E-state index in [0.717, 1.165) is 16.8 Å². The van der Waals surface area contributed by atoms with E-state index in [1.54, 1.807) is 34.9 Å². The average molecular weight is 419 g/mol. The van der Waals surface area contributed by atoms with Crippen molar-refractivity contribution in [2.45, 2.75) is 13.0 Å². The summed E-state index contributed by atoms with van der Waals surface area (Å²) in [6.45, 7) is 4.08. The predicted molar refractivity (Wildman–Crippen MR) is 120 cm³/mol. The molecule has 0 aliphatic carbocycles. The van der Waals surface area contributed by atoms with E-state index in [4.69, 9.17) is 16.2 Å². The van der Waals surface area contributed by atoms with Crippen molar-refractivity contribution < 1.29 is 9.53 Å². The molecular weight excluding hydrogens is 394 g/mol. The number of nitrogens with two attached hydrogens (primary N) is 2. The molecule has 31 heavy (non-hydrogen) atoms. The Bertz CT molecular complexity index is 1150. The van der Waals surface area contributed by atoms with Crippen molar-refractivity contribution in [3.8, 4) is 11.3 Å². The number of hydrogen-bond acceptors (Lipinski definition) is 7. The number of amides is 1. The predicted octanol–water partition coefficient (Wildman–Crippen LogP) is 1.60. The molecule has 1 saturated heterocycles. The van der Waals surface area contributed by atoms with Crippen LogP contribution in [-0.4, -0.2) is 64.0 Å². The highest BCUT2D eigenvalue weighted by atomic mass is 16.5. The molecule has 1 fully saturated rings. The minimum atomic E-state index is -0.508. The monoisotopic (exact) mass is 419 g/mol. The van der Waals surface area contributed by atoms with E-state index in [1.807, 2.05) is 30.3 Å². The van der Waals surface area contributed by atoms with Crippen molar-refractivity contribution in [1.82, 2.24) is 19.5 Å². The standard InChI is InChI=1S/C22H25N7O2/c1-15(22(30)28-5-7-31-8-6-28)25-12-18(11-23)17-10-21-26-14-20(29(21)27-13-17)16-3-2-4-19(24)9-16/h2-4,9-15H,5-8,23-24H2,1H3. The number of morpholine rings is 1. The highest BCUT2D eigenvalue weighted by Crippen LogP contribution is 2.23. The van der Waals surface area contributed by atoms with Crippen LogP contribution in [0.25, 0.3) is 22.5 Å². The number of nitrogens with zero attached hydrogens (tertiary/aromatic N) is 5. The zero-order valence-electron chi connectivity index (χ0n) is 17.3. The lowest BCUT2D eigenvalue weighted by atomic mass is 10.1. The average Bonchev–Trinajstić information content (AvgIpc) is 3.23. The number of hydrogen-bond donors (Lipinski definition) is 2. The topological polar surface area (TPSA) is 124 Å². The Morgan fingerprint density at radius 3 is 2.81 bits per heavy atom. The van der Waals surface area contributed by atoms with Gasteiger partial charge in [0.15, 0.2) is 5.65 Å². The third-order valence-corrected chi connectivity index (χ3v) is 5.17. The van der Waals surface area contributed by atoms with Crippen LogP contribution in [0.15, 0.2) is 53.9 Å². The van der Waals surface area contributed by atoms with Gasteiger partial charge >= 0.3 is 0 Å². The molecule has 160 valence electrons. The van der Waals surface area contributed by atoms with Crippen LogP contribution in [0.3, 0.4) is 0 Å². The Balaban J connectivity index is 1.54. The molecule has 0 spiro atoms. The Hall–Kier alpha value is -3.72. The van der Waals surface area contributed by atoms with Crippen LogP contribution in [0.2, 0.25) is 0 Å². The first-order valence-electron chi connectivity index (χ1n) is 10.1. The molecule has 1 unspecified atom stereocenters. The maximum Gasteiger partial charge on any atom is 0.247 e. The first-order valence-corrected chi connectivity index (χ1v) is 10.1. The molecule has 1 amide bonds. The fourth-order valence-electron chi connectivity index (χ4n) is 3.45. The minimum Gasteiger partial charge on any atom is -0.404 e. The molecule has 1 aliphatic rings. The molecule has 4 rings (SSSR count). The number of aliphatic imine (C=N–C) groups is 1. The van der Waals surface area contributed by atoms with Gasteiger partial charge in [-0.2, -0.15) is 5.10 Å². The Kier molecular flexibility index (Phi) is 5.94. The van der Waals surface area contributed by atoms with Crippen molar-refractivity contribution >= 4 is 29.0 Å². The van der Waals surface area contributed by atoms with Crippen molar-refractivity contribution in [3.63, 3.8) is 0 Å². The zero-order valence-corrected chi connectivity index (χ0v) is 17.3. The summed E-state index contributed by atoms with van der Waals surface area (Å²) in [7, 11) is 0. The lowest BCUT2D eigenvalue weighted by Gasteiger charge is -2.28. The highest BCUT2D eigenvalue weighted by Gasteiger charge is 2.21. The van der Waals surface area contributed by atoms with Crippen LogP contribution in [-0.2, 0) is 9.53 Å². The summed E-state index contributed by atoms with van der Waals surface area (Å²) in [5.41, 5.74) is 16.3. The van der Waals surface area contributed by atoms with Crippen molar-refractivity contribution in [1.29, 1.82) is 0 Å². The molecule has 0 radical (unpaired) electrons. The molecule has 3 aromatic rings. The van der Waals surface area contributed by atoms with E-state index >= 15 is 0 Å². The normalized spacial score (nSPS) is 16.2. The van der Waals surface area contributed by atoms with Crippen LogP contribution >= 0.6 is 0 Å². The van der Waals surface area contributed by atoms with Gasteiger partial charge in [0.05, 0.1) is 31.3 Å². The molecule has 1 atom stereocenters. The maximum atomic E-state index is 12.5. The number of fused-ring (bicyclic) bond motifs is 1. The van der Waals surface area contributed by atoms with Crippen LogP contribution < -0.4 is 11.5 Å².